The topological polar surface area (TPSA) is 84.6 Å². The van der Waals surface area contributed by atoms with E-state index in [2.05, 4.69) is 39.6 Å². The van der Waals surface area contributed by atoms with Crippen molar-refractivity contribution < 1.29 is 9.26 Å². The average molecular weight is 549 g/mol. The van der Waals surface area contributed by atoms with Gasteiger partial charge in [-0.25, -0.2) is 4.98 Å². The van der Waals surface area contributed by atoms with Crippen molar-refractivity contribution in [3.63, 3.8) is 0 Å². The molecule has 172 valence electrons. The van der Waals surface area contributed by atoms with E-state index in [0.29, 0.717) is 37.5 Å². The molecule has 2 heterocycles. The van der Waals surface area contributed by atoms with Crippen molar-refractivity contribution in [2.45, 2.75) is 52.3 Å². The second-order valence-electron chi connectivity index (χ2n) is 7.29. The molecule has 0 atom stereocenters. The minimum atomic E-state index is 0. The van der Waals surface area contributed by atoms with Crippen molar-refractivity contribution >= 4 is 29.9 Å². The first-order valence-electron chi connectivity index (χ1n) is 10.7. The highest BCUT2D eigenvalue weighted by molar-refractivity contribution is 14.0. The summed E-state index contributed by atoms with van der Waals surface area (Å²) in [6, 6.07) is 16.0. The van der Waals surface area contributed by atoms with Crippen LogP contribution in [-0.4, -0.2) is 23.1 Å². The SMILES string of the molecule is CCC(CC)c1cc(CNC(=NC)NCc2ccnc(OCc3ccccc3)c2)on1.I. The molecule has 0 spiro atoms. The molecule has 0 saturated heterocycles. The first-order chi connectivity index (χ1) is 15.2. The predicted octanol–water partition coefficient (Wildman–Crippen LogP) is 5.04. The molecule has 0 unspecified atom stereocenters. The maximum atomic E-state index is 5.81. The van der Waals surface area contributed by atoms with Gasteiger partial charge < -0.3 is 19.9 Å². The van der Waals surface area contributed by atoms with Crippen LogP contribution in [0.2, 0.25) is 0 Å². The quantitative estimate of drug-likeness (QED) is 0.210. The third-order valence-electron chi connectivity index (χ3n) is 5.12. The minimum Gasteiger partial charge on any atom is -0.473 e. The Morgan fingerprint density at radius 2 is 1.78 bits per heavy atom. The molecule has 0 radical (unpaired) electrons. The highest BCUT2D eigenvalue weighted by Crippen LogP contribution is 2.22. The Morgan fingerprint density at radius 1 is 1.03 bits per heavy atom. The Labute approximate surface area is 207 Å². The molecule has 32 heavy (non-hydrogen) atoms. The molecule has 0 aliphatic heterocycles. The largest absolute Gasteiger partial charge is 0.473 e. The van der Waals surface area contributed by atoms with Crippen molar-refractivity contribution in [3.05, 3.63) is 77.3 Å². The molecule has 0 aliphatic rings. The predicted molar refractivity (Wildman–Crippen MR) is 137 cm³/mol. The van der Waals surface area contributed by atoms with Crippen LogP contribution in [0.4, 0.5) is 0 Å². The molecule has 3 rings (SSSR count). The lowest BCUT2D eigenvalue weighted by molar-refractivity contribution is 0.293. The van der Waals surface area contributed by atoms with Gasteiger partial charge in [0.15, 0.2) is 11.7 Å². The van der Waals surface area contributed by atoms with Crippen LogP contribution in [0.15, 0.2) is 64.2 Å². The lowest BCUT2D eigenvalue weighted by Crippen LogP contribution is -2.36. The summed E-state index contributed by atoms with van der Waals surface area (Å²) in [6.45, 7) is 5.95. The van der Waals surface area contributed by atoms with Crippen LogP contribution < -0.4 is 15.4 Å². The Bertz CT molecular complexity index is 958. The number of hydrogen-bond donors (Lipinski definition) is 2. The zero-order chi connectivity index (χ0) is 21.9. The van der Waals surface area contributed by atoms with Crippen molar-refractivity contribution in [2.75, 3.05) is 7.05 Å². The van der Waals surface area contributed by atoms with E-state index in [1.165, 1.54) is 0 Å². The molecular weight excluding hydrogens is 517 g/mol. The fraction of sp³-hybridized carbons (Fsp3) is 0.375. The molecule has 2 aromatic heterocycles. The minimum absolute atomic E-state index is 0. The van der Waals surface area contributed by atoms with Crippen LogP contribution in [-0.2, 0) is 19.7 Å². The molecule has 0 saturated carbocycles. The normalized spacial score (nSPS) is 11.2. The number of guanidine groups is 1. The maximum absolute atomic E-state index is 5.81. The Balaban J connectivity index is 0.00000363. The van der Waals surface area contributed by atoms with Gasteiger partial charge in [0.2, 0.25) is 5.88 Å². The van der Waals surface area contributed by atoms with E-state index in [0.717, 1.165) is 35.4 Å². The summed E-state index contributed by atoms with van der Waals surface area (Å²) in [5, 5.41) is 10.8. The number of pyridine rings is 1. The van der Waals surface area contributed by atoms with Crippen molar-refractivity contribution in [3.8, 4) is 5.88 Å². The third kappa shape index (κ3) is 7.81. The highest BCUT2D eigenvalue weighted by atomic mass is 127. The molecule has 2 N–H and O–H groups in total. The van der Waals surface area contributed by atoms with Gasteiger partial charge in [-0.1, -0.05) is 49.3 Å². The fourth-order valence-corrected chi connectivity index (χ4v) is 3.26. The molecule has 8 heteroatoms. The summed E-state index contributed by atoms with van der Waals surface area (Å²) >= 11 is 0. The van der Waals surface area contributed by atoms with Crippen LogP contribution in [0.3, 0.4) is 0 Å². The number of aliphatic imine (C=N–C) groups is 1. The molecule has 3 aromatic rings. The zero-order valence-corrected chi connectivity index (χ0v) is 21.2. The summed E-state index contributed by atoms with van der Waals surface area (Å²) in [6.07, 6.45) is 3.87. The van der Waals surface area contributed by atoms with Crippen molar-refractivity contribution in [1.29, 1.82) is 0 Å². The number of hydrogen-bond acceptors (Lipinski definition) is 5. The summed E-state index contributed by atoms with van der Waals surface area (Å²) in [7, 11) is 1.74. The van der Waals surface area contributed by atoms with Crippen LogP contribution in [0.1, 0.15) is 55.2 Å². The van der Waals surface area contributed by atoms with Gasteiger partial charge in [-0.05, 0) is 30.0 Å². The summed E-state index contributed by atoms with van der Waals surface area (Å²) < 4.78 is 11.3. The van der Waals surface area contributed by atoms with E-state index in [1.54, 1.807) is 13.2 Å². The summed E-state index contributed by atoms with van der Waals surface area (Å²) in [5.74, 6) is 2.52. The number of benzene rings is 1. The van der Waals surface area contributed by atoms with Gasteiger partial charge in [0.1, 0.15) is 6.61 Å². The molecule has 0 fully saturated rings. The van der Waals surface area contributed by atoms with Gasteiger partial charge in [-0.15, -0.1) is 24.0 Å². The fourth-order valence-electron chi connectivity index (χ4n) is 3.26. The van der Waals surface area contributed by atoms with Gasteiger partial charge in [0.25, 0.3) is 0 Å². The van der Waals surface area contributed by atoms with E-state index in [-0.39, 0.29) is 24.0 Å². The van der Waals surface area contributed by atoms with Crippen molar-refractivity contribution in [1.82, 2.24) is 20.8 Å². The van der Waals surface area contributed by atoms with Gasteiger partial charge in [-0.2, -0.15) is 0 Å². The number of nitrogens with one attached hydrogen (secondary N) is 2. The number of halogens is 1. The van der Waals surface area contributed by atoms with Crippen LogP contribution in [0, 0.1) is 0 Å². The van der Waals surface area contributed by atoms with Gasteiger partial charge in [0.05, 0.1) is 12.2 Å². The third-order valence-corrected chi connectivity index (χ3v) is 5.12. The molecule has 0 aliphatic carbocycles. The van der Waals surface area contributed by atoms with Gasteiger partial charge >= 0.3 is 0 Å². The number of ether oxygens (including phenoxy) is 1. The lowest BCUT2D eigenvalue weighted by atomic mass is 9.99. The van der Waals surface area contributed by atoms with Crippen molar-refractivity contribution in [2.24, 2.45) is 4.99 Å². The van der Waals surface area contributed by atoms with Crippen LogP contribution in [0.5, 0.6) is 5.88 Å². The van der Waals surface area contributed by atoms with Gasteiger partial charge in [0, 0.05) is 37.8 Å². The average Bonchev–Trinajstić information content (AvgIpc) is 3.28. The number of nitrogens with zero attached hydrogens (tertiary/aromatic N) is 3. The Morgan fingerprint density at radius 3 is 2.50 bits per heavy atom. The lowest BCUT2D eigenvalue weighted by Gasteiger charge is -2.11. The Hall–Kier alpha value is -2.62. The first-order valence-corrected chi connectivity index (χ1v) is 10.7. The van der Waals surface area contributed by atoms with E-state index in [9.17, 15) is 0 Å². The molecule has 0 bridgehead atoms. The van der Waals surface area contributed by atoms with E-state index in [4.69, 9.17) is 9.26 Å². The number of rotatable bonds is 10. The summed E-state index contributed by atoms with van der Waals surface area (Å²) in [5.41, 5.74) is 3.18. The zero-order valence-electron chi connectivity index (χ0n) is 18.9. The maximum Gasteiger partial charge on any atom is 0.213 e. The molecular formula is C24H32IN5O2. The van der Waals surface area contributed by atoms with Gasteiger partial charge in [-0.3, -0.25) is 4.99 Å². The first kappa shape index (κ1) is 25.6. The van der Waals surface area contributed by atoms with Crippen LogP contribution >= 0.6 is 24.0 Å². The second-order valence-corrected chi connectivity index (χ2v) is 7.29. The highest BCUT2D eigenvalue weighted by Gasteiger charge is 2.13. The van der Waals surface area contributed by atoms with E-state index >= 15 is 0 Å². The van der Waals surface area contributed by atoms with E-state index in [1.807, 2.05) is 48.5 Å². The smallest absolute Gasteiger partial charge is 0.213 e. The monoisotopic (exact) mass is 549 g/mol. The second kappa shape index (κ2) is 13.7. The molecule has 7 nitrogen and oxygen atoms in total. The standard InChI is InChI=1S/C24H31N5O2.HI/c1-4-20(5-2)22-14-21(31-29-22)16-28-24(25-3)27-15-19-11-12-26-23(13-19)30-17-18-9-7-6-8-10-18;/h6-14,20H,4-5,15-17H2,1-3H3,(H2,25,27,28);1H. The molecule has 1 aromatic carbocycles. The Kier molecular flexibility index (Phi) is 11.0. The molecule has 0 amide bonds. The summed E-state index contributed by atoms with van der Waals surface area (Å²) in [4.78, 5) is 8.57. The van der Waals surface area contributed by atoms with E-state index < -0.39 is 0 Å². The van der Waals surface area contributed by atoms with Crippen LogP contribution in [0.25, 0.3) is 0 Å². The number of aromatic nitrogens is 2.